The molecule has 10 nitrogen and oxygen atoms in total. The standard InChI is InChI=1S/C22H23N5O4S.C5H11N/c1-28-16-5-4-6-17(29-2)21(16)32-27-22-13-9-19(30-3)15(10-18(13)31-26-22)23-20-11-14(24-25-20)12-7-8-12;1-6-4-2-3-5-6/h4-6,9-12H,7-8H2,1-3H3,(H,26,27)(H2,23,24,25);2-5H2,1H3. The molecule has 202 valence electrons. The molecule has 11 heteroatoms. The monoisotopic (exact) mass is 538 g/mol. The van der Waals surface area contributed by atoms with Crippen molar-refractivity contribution in [1.82, 2.24) is 20.3 Å². The lowest BCUT2D eigenvalue weighted by molar-refractivity contribution is 0.376. The Morgan fingerprint density at radius 3 is 2.32 bits per heavy atom. The summed E-state index contributed by atoms with van der Waals surface area (Å²) in [4.78, 5) is 3.17. The molecule has 2 aliphatic rings. The molecule has 1 aliphatic carbocycles. The zero-order chi connectivity index (χ0) is 26.5. The van der Waals surface area contributed by atoms with E-state index in [4.69, 9.17) is 18.7 Å². The van der Waals surface area contributed by atoms with Crippen LogP contribution in [0.15, 0.2) is 45.8 Å². The number of rotatable bonds is 9. The van der Waals surface area contributed by atoms with Gasteiger partial charge in [0.25, 0.3) is 0 Å². The average Bonchev–Trinajstić information content (AvgIpc) is 3.29. The van der Waals surface area contributed by atoms with Gasteiger partial charge in [0, 0.05) is 23.7 Å². The highest BCUT2D eigenvalue weighted by Crippen LogP contribution is 2.42. The van der Waals surface area contributed by atoms with Gasteiger partial charge in [0.15, 0.2) is 17.2 Å². The van der Waals surface area contributed by atoms with E-state index in [0.717, 1.165) is 27.5 Å². The van der Waals surface area contributed by atoms with E-state index in [-0.39, 0.29) is 0 Å². The lowest BCUT2D eigenvalue weighted by Gasteiger charge is -2.12. The van der Waals surface area contributed by atoms with Gasteiger partial charge in [0.1, 0.15) is 22.1 Å². The number of nitrogens with one attached hydrogen (secondary N) is 3. The van der Waals surface area contributed by atoms with Crippen LogP contribution in [0.5, 0.6) is 17.2 Å². The maximum Gasteiger partial charge on any atom is 0.187 e. The first-order valence-electron chi connectivity index (χ1n) is 12.7. The number of H-pyrrole nitrogens is 1. The Morgan fingerprint density at radius 2 is 1.71 bits per heavy atom. The van der Waals surface area contributed by atoms with E-state index in [1.165, 1.54) is 50.7 Å². The molecule has 1 saturated heterocycles. The number of nitrogens with zero attached hydrogens (tertiary/aromatic N) is 3. The molecule has 1 saturated carbocycles. The highest BCUT2D eigenvalue weighted by Gasteiger charge is 2.25. The fraction of sp³-hybridized carbons (Fsp3) is 0.407. The number of likely N-dealkylation sites (tertiary alicyclic amines) is 1. The van der Waals surface area contributed by atoms with Crippen LogP contribution in [-0.4, -0.2) is 61.7 Å². The first kappa shape index (κ1) is 26.1. The van der Waals surface area contributed by atoms with Crippen LogP contribution < -0.4 is 24.2 Å². The van der Waals surface area contributed by atoms with E-state index < -0.39 is 0 Å². The highest BCUT2D eigenvalue weighted by atomic mass is 32.2. The Bertz CT molecular complexity index is 1340. The second-order valence-electron chi connectivity index (χ2n) is 9.39. The number of ether oxygens (including phenoxy) is 3. The van der Waals surface area contributed by atoms with Gasteiger partial charge in [-0.1, -0.05) is 11.2 Å². The minimum absolute atomic E-state index is 0.568. The summed E-state index contributed by atoms with van der Waals surface area (Å²) in [6.45, 7) is 2.64. The summed E-state index contributed by atoms with van der Waals surface area (Å²) in [5.41, 5.74) is 2.51. The zero-order valence-electron chi connectivity index (χ0n) is 22.2. The normalized spacial score (nSPS) is 15.2. The van der Waals surface area contributed by atoms with Crippen molar-refractivity contribution >= 4 is 40.2 Å². The van der Waals surface area contributed by atoms with Crippen LogP contribution in [0, 0.1) is 0 Å². The minimum atomic E-state index is 0.568. The maximum absolute atomic E-state index is 5.61. The van der Waals surface area contributed by atoms with Crippen LogP contribution in [0.4, 0.5) is 17.3 Å². The molecule has 0 radical (unpaired) electrons. The average molecular weight is 539 g/mol. The molecule has 2 aromatic heterocycles. The van der Waals surface area contributed by atoms with Gasteiger partial charge < -0.3 is 33.7 Å². The molecule has 3 heterocycles. The summed E-state index contributed by atoms with van der Waals surface area (Å²) in [6, 6.07) is 11.4. The summed E-state index contributed by atoms with van der Waals surface area (Å²) >= 11 is 1.33. The van der Waals surface area contributed by atoms with Crippen LogP contribution in [0.3, 0.4) is 0 Å². The van der Waals surface area contributed by atoms with Crippen LogP contribution in [-0.2, 0) is 0 Å². The molecule has 38 heavy (non-hydrogen) atoms. The number of aromatic nitrogens is 3. The predicted octanol–water partition coefficient (Wildman–Crippen LogP) is 6.03. The topological polar surface area (TPSA) is 110 Å². The molecule has 1 aliphatic heterocycles. The van der Waals surface area contributed by atoms with Gasteiger partial charge >= 0.3 is 0 Å². The predicted molar refractivity (Wildman–Crippen MR) is 150 cm³/mol. The molecule has 4 aromatic rings. The summed E-state index contributed by atoms with van der Waals surface area (Å²) in [5, 5.41) is 15.7. The largest absolute Gasteiger partial charge is 0.495 e. The summed E-state index contributed by atoms with van der Waals surface area (Å²) in [5.74, 6) is 3.95. The first-order valence-corrected chi connectivity index (χ1v) is 13.5. The third kappa shape index (κ3) is 5.94. The van der Waals surface area contributed by atoms with Gasteiger partial charge in [-0.3, -0.25) is 5.10 Å². The minimum Gasteiger partial charge on any atom is -0.495 e. The van der Waals surface area contributed by atoms with E-state index in [9.17, 15) is 0 Å². The van der Waals surface area contributed by atoms with E-state index >= 15 is 0 Å². The number of hydrogen-bond acceptors (Lipinski definition) is 10. The van der Waals surface area contributed by atoms with Crippen molar-refractivity contribution in [2.24, 2.45) is 0 Å². The number of methoxy groups -OCH3 is 3. The molecule has 0 bridgehead atoms. The lowest BCUT2D eigenvalue weighted by atomic mass is 10.2. The second kappa shape index (κ2) is 11.9. The molecule has 3 N–H and O–H groups in total. The number of benzene rings is 2. The van der Waals surface area contributed by atoms with Crippen LogP contribution >= 0.6 is 11.9 Å². The molecule has 0 unspecified atom stereocenters. The number of hydrogen-bond donors (Lipinski definition) is 3. The third-order valence-electron chi connectivity index (χ3n) is 6.63. The first-order chi connectivity index (χ1) is 18.6. The molecule has 6 rings (SSSR count). The summed E-state index contributed by atoms with van der Waals surface area (Å²) in [6.07, 6.45) is 5.25. The lowest BCUT2D eigenvalue weighted by Crippen LogP contribution is -2.10. The van der Waals surface area contributed by atoms with Gasteiger partial charge in [-0.2, -0.15) is 5.10 Å². The Kier molecular flexibility index (Phi) is 8.14. The van der Waals surface area contributed by atoms with Crippen molar-refractivity contribution in [3.8, 4) is 17.2 Å². The summed E-state index contributed by atoms with van der Waals surface area (Å²) < 4.78 is 25.3. The Labute approximate surface area is 226 Å². The molecule has 0 atom stereocenters. The summed E-state index contributed by atoms with van der Waals surface area (Å²) in [7, 11) is 7.04. The fourth-order valence-electron chi connectivity index (χ4n) is 4.34. The van der Waals surface area contributed by atoms with Crippen LogP contribution in [0.1, 0.15) is 37.3 Å². The molecular formula is C27H34N6O4S. The third-order valence-corrected chi connectivity index (χ3v) is 7.53. The smallest absolute Gasteiger partial charge is 0.187 e. The van der Waals surface area contributed by atoms with Gasteiger partial charge in [0.05, 0.1) is 32.4 Å². The molecular weight excluding hydrogens is 504 g/mol. The molecule has 0 spiro atoms. The quantitative estimate of drug-likeness (QED) is 0.219. The number of fused-ring (bicyclic) bond motifs is 1. The second-order valence-corrected chi connectivity index (χ2v) is 10.2. The van der Waals surface area contributed by atoms with Gasteiger partial charge in [-0.15, -0.1) is 0 Å². The SMILES string of the molecule is CN1CCCC1.COc1cc2c(NSc3c(OC)cccc3OC)noc2cc1Nc1cc(C2CC2)[nH]n1. The zero-order valence-corrected chi connectivity index (χ0v) is 23.0. The van der Waals surface area contributed by atoms with Gasteiger partial charge in [0.2, 0.25) is 0 Å². The van der Waals surface area contributed by atoms with Gasteiger partial charge in [-0.05, 0) is 76.0 Å². The van der Waals surface area contributed by atoms with E-state index in [1.54, 1.807) is 21.3 Å². The van der Waals surface area contributed by atoms with Crippen molar-refractivity contribution in [2.45, 2.75) is 36.5 Å². The number of anilines is 3. The van der Waals surface area contributed by atoms with E-state index in [2.05, 4.69) is 37.3 Å². The van der Waals surface area contributed by atoms with Crippen molar-refractivity contribution < 1.29 is 18.7 Å². The van der Waals surface area contributed by atoms with Crippen LogP contribution in [0.25, 0.3) is 11.0 Å². The Hall–Kier alpha value is -3.57. The molecule has 2 fully saturated rings. The maximum atomic E-state index is 5.61. The highest BCUT2D eigenvalue weighted by molar-refractivity contribution is 8.00. The number of aromatic amines is 1. The van der Waals surface area contributed by atoms with E-state index in [1.807, 2.05) is 36.4 Å². The molecule has 2 aromatic carbocycles. The van der Waals surface area contributed by atoms with Gasteiger partial charge in [-0.25, -0.2) is 0 Å². The van der Waals surface area contributed by atoms with Crippen LogP contribution in [0.2, 0.25) is 0 Å². The Balaban J connectivity index is 0.000000433. The van der Waals surface area contributed by atoms with Crippen molar-refractivity contribution in [3.63, 3.8) is 0 Å². The molecule has 0 amide bonds. The van der Waals surface area contributed by atoms with E-state index in [0.29, 0.717) is 34.6 Å². The van der Waals surface area contributed by atoms with Crippen molar-refractivity contribution in [2.75, 3.05) is 51.5 Å². The Morgan fingerprint density at radius 1 is 1.00 bits per heavy atom. The fourth-order valence-corrected chi connectivity index (χ4v) is 5.19. The van der Waals surface area contributed by atoms with Crippen molar-refractivity contribution in [1.29, 1.82) is 0 Å². The van der Waals surface area contributed by atoms with Crippen molar-refractivity contribution in [3.05, 3.63) is 42.1 Å².